The van der Waals surface area contributed by atoms with Gasteiger partial charge in [-0.25, -0.2) is 4.79 Å². The van der Waals surface area contributed by atoms with Gasteiger partial charge in [-0.15, -0.1) is 0 Å². The molecule has 1 atom stereocenters. The van der Waals surface area contributed by atoms with Crippen molar-refractivity contribution in [3.05, 3.63) is 36.0 Å². The Morgan fingerprint density at radius 3 is 2.91 bits per heavy atom. The first kappa shape index (κ1) is 14.6. The number of carbonyl (C=O) groups excluding carboxylic acids is 2. The Labute approximate surface area is 129 Å². The average Bonchev–Trinajstić information content (AvgIpc) is 2.97. The van der Waals surface area contributed by atoms with Crippen molar-refractivity contribution >= 4 is 22.8 Å². The fraction of sp³-hybridized carbons (Fsp3) is 0.412. The van der Waals surface area contributed by atoms with Crippen LogP contribution in [0.1, 0.15) is 36.7 Å². The van der Waals surface area contributed by atoms with Gasteiger partial charge in [0.15, 0.2) is 6.61 Å². The molecule has 0 saturated carbocycles. The van der Waals surface area contributed by atoms with Gasteiger partial charge < -0.3 is 14.6 Å². The van der Waals surface area contributed by atoms with E-state index in [0.29, 0.717) is 5.69 Å². The van der Waals surface area contributed by atoms with E-state index in [0.717, 1.165) is 36.7 Å². The largest absolute Gasteiger partial charge is 0.451 e. The summed E-state index contributed by atoms with van der Waals surface area (Å²) in [5.74, 6) is -0.606. The summed E-state index contributed by atoms with van der Waals surface area (Å²) in [5, 5.41) is 0.949. The molecule has 1 aromatic heterocycles. The first-order chi connectivity index (χ1) is 10.6. The van der Waals surface area contributed by atoms with E-state index in [1.807, 2.05) is 36.1 Å². The standard InChI is InChI=1S/C17H20N2O3/c1-12-6-4-5-9-19(12)16(20)11-22-17(21)15-10-13-7-2-3-8-14(13)18-15/h2-3,7-8,10,12,18H,4-6,9,11H2,1H3/t12-/m1/s1. The third-order valence-electron chi connectivity index (χ3n) is 4.20. The highest BCUT2D eigenvalue weighted by Crippen LogP contribution is 2.17. The summed E-state index contributed by atoms with van der Waals surface area (Å²) in [6, 6.07) is 9.59. The highest BCUT2D eigenvalue weighted by molar-refractivity contribution is 5.95. The van der Waals surface area contributed by atoms with E-state index >= 15 is 0 Å². The molecule has 0 spiro atoms. The zero-order valence-electron chi connectivity index (χ0n) is 12.7. The maximum Gasteiger partial charge on any atom is 0.355 e. The molecule has 1 amide bonds. The Kier molecular flexibility index (Phi) is 4.13. The van der Waals surface area contributed by atoms with Crippen LogP contribution in [0.15, 0.2) is 30.3 Å². The molecule has 1 aliphatic rings. The zero-order chi connectivity index (χ0) is 15.5. The number of carbonyl (C=O) groups is 2. The van der Waals surface area contributed by atoms with Crippen molar-refractivity contribution in [2.45, 2.75) is 32.2 Å². The van der Waals surface area contributed by atoms with Gasteiger partial charge in [-0.3, -0.25) is 4.79 Å². The first-order valence-corrected chi connectivity index (χ1v) is 7.69. The molecule has 0 radical (unpaired) electrons. The van der Waals surface area contributed by atoms with Gasteiger partial charge in [0.2, 0.25) is 0 Å². The molecule has 1 fully saturated rings. The average molecular weight is 300 g/mol. The summed E-state index contributed by atoms with van der Waals surface area (Å²) in [5.41, 5.74) is 1.26. The van der Waals surface area contributed by atoms with Crippen LogP contribution in [-0.2, 0) is 9.53 Å². The quantitative estimate of drug-likeness (QED) is 0.887. The van der Waals surface area contributed by atoms with Crippen LogP contribution >= 0.6 is 0 Å². The Morgan fingerprint density at radius 2 is 2.14 bits per heavy atom. The lowest BCUT2D eigenvalue weighted by Crippen LogP contribution is -2.44. The Balaban J connectivity index is 1.60. The zero-order valence-corrected chi connectivity index (χ0v) is 12.7. The molecule has 0 unspecified atom stereocenters. The van der Waals surface area contributed by atoms with E-state index in [2.05, 4.69) is 4.98 Å². The lowest BCUT2D eigenvalue weighted by Gasteiger charge is -2.33. The number of fused-ring (bicyclic) bond motifs is 1. The fourth-order valence-electron chi connectivity index (χ4n) is 2.94. The normalized spacial score (nSPS) is 18.4. The van der Waals surface area contributed by atoms with E-state index in [1.54, 1.807) is 6.07 Å². The minimum atomic E-state index is -0.491. The van der Waals surface area contributed by atoms with E-state index in [-0.39, 0.29) is 18.6 Å². The number of H-pyrrole nitrogens is 1. The van der Waals surface area contributed by atoms with Gasteiger partial charge in [0.05, 0.1) is 0 Å². The van der Waals surface area contributed by atoms with E-state index < -0.39 is 5.97 Å². The number of amides is 1. The minimum Gasteiger partial charge on any atom is -0.451 e. The lowest BCUT2D eigenvalue weighted by molar-refractivity contribution is -0.137. The number of aromatic amines is 1. The third kappa shape index (κ3) is 2.98. The van der Waals surface area contributed by atoms with E-state index in [4.69, 9.17) is 4.74 Å². The summed E-state index contributed by atoms with van der Waals surface area (Å²) >= 11 is 0. The number of hydrogen-bond donors (Lipinski definition) is 1. The molecular formula is C17H20N2O3. The van der Waals surface area contributed by atoms with Crippen molar-refractivity contribution in [1.29, 1.82) is 0 Å². The van der Waals surface area contributed by atoms with Gasteiger partial charge in [-0.1, -0.05) is 18.2 Å². The van der Waals surface area contributed by atoms with Crippen LogP contribution in [0.4, 0.5) is 0 Å². The third-order valence-corrected chi connectivity index (χ3v) is 4.20. The topological polar surface area (TPSA) is 62.4 Å². The maximum atomic E-state index is 12.2. The summed E-state index contributed by atoms with van der Waals surface area (Å²) in [7, 11) is 0. The second kappa shape index (κ2) is 6.22. The van der Waals surface area contributed by atoms with E-state index in [9.17, 15) is 9.59 Å². The van der Waals surface area contributed by atoms with Crippen molar-refractivity contribution < 1.29 is 14.3 Å². The van der Waals surface area contributed by atoms with Crippen LogP contribution in [0, 0.1) is 0 Å². The summed E-state index contributed by atoms with van der Waals surface area (Å²) in [6.45, 7) is 2.60. The van der Waals surface area contributed by atoms with Crippen LogP contribution in [0.3, 0.4) is 0 Å². The van der Waals surface area contributed by atoms with Crippen molar-refractivity contribution in [3.8, 4) is 0 Å². The summed E-state index contributed by atoms with van der Waals surface area (Å²) < 4.78 is 5.16. The molecule has 22 heavy (non-hydrogen) atoms. The van der Waals surface area contributed by atoms with Gasteiger partial charge in [-0.05, 0) is 38.3 Å². The van der Waals surface area contributed by atoms with Gasteiger partial charge in [0, 0.05) is 23.5 Å². The number of hydrogen-bond acceptors (Lipinski definition) is 3. The number of rotatable bonds is 3. The van der Waals surface area contributed by atoms with Gasteiger partial charge >= 0.3 is 5.97 Å². The predicted molar refractivity (Wildman–Crippen MR) is 83.6 cm³/mol. The van der Waals surface area contributed by atoms with E-state index in [1.165, 1.54) is 0 Å². The molecule has 2 aromatic rings. The van der Waals surface area contributed by atoms with Crippen LogP contribution in [0.2, 0.25) is 0 Å². The molecule has 1 N–H and O–H groups in total. The number of piperidine rings is 1. The lowest BCUT2D eigenvalue weighted by atomic mass is 10.0. The number of aromatic nitrogens is 1. The molecule has 5 nitrogen and oxygen atoms in total. The monoisotopic (exact) mass is 300 g/mol. The van der Waals surface area contributed by atoms with Gasteiger partial charge in [-0.2, -0.15) is 0 Å². The van der Waals surface area contributed by atoms with Crippen molar-refractivity contribution in [2.75, 3.05) is 13.2 Å². The summed E-state index contributed by atoms with van der Waals surface area (Å²) in [4.78, 5) is 29.0. The number of esters is 1. The number of nitrogens with one attached hydrogen (secondary N) is 1. The molecule has 2 heterocycles. The molecule has 1 aromatic carbocycles. The smallest absolute Gasteiger partial charge is 0.355 e. The Morgan fingerprint density at radius 1 is 1.32 bits per heavy atom. The molecule has 3 rings (SSSR count). The number of para-hydroxylation sites is 1. The first-order valence-electron chi connectivity index (χ1n) is 7.69. The highest BCUT2D eigenvalue weighted by Gasteiger charge is 2.24. The Bertz CT molecular complexity index is 659. The summed E-state index contributed by atoms with van der Waals surface area (Å²) in [6.07, 6.45) is 3.19. The SMILES string of the molecule is C[C@@H]1CCCCN1C(=O)COC(=O)c1cc2ccccc2[nH]1. The number of likely N-dealkylation sites (tertiary alicyclic amines) is 1. The Hall–Kier alpha value is -2.30. The highest BCUT2D eigenvalue weighted by atomic mass is 16.5. The molecule has 5 heteroatoms. The van der Waals surface area contributed by atoms with Crippen LogP contribution in [0.25, 0.3) is 10.9 Å². The second-order valence-electron chi connectivity index (χ2n) is 5.78. The fourth-order valence-corrected chi connectivity index (χ4v) is 2.94. The molecule has 116 valence electrons. The van der Waals surface area contributed by atoms with Crippen molar-refractivity contribution in [3.63, 3.8) is 0 Å². The predicted octanol–water partition coefficient (Wildman–Crippen LogP) is 2.73. The second-order valence-corrected chi connectivity index (χ2v) is 5.78. The van der Waals surface area contributed by atoms with Crippen molar-refractivity contribution in [2.24, 2.45) is 0 Å². The molecule has 1 aliphatic heterocycles. The molecule has 0 aliphatic carbocycles. The van der Waals surface area contributed by atoms with Crippen LogP contribution in [-0.4, -0.2) is 41.0 Å². The minimum absolute atomic E-state index is 0.114. The van der Waals surface area contributed by atoms with Gasteiger partial charge in [0.1, 0.15) is 5.69 Å². The molecular weight excluding hydrogens is 280 g/mol. The number of nitrogens with zero attached hydrogens (tertiary/aromatic N) is 1. The maximum absolute atomic E-state index is 12.2. The van der Waals surface area contributed by atoms with Crippen molar-refractivity contribution in [1.82, 2.24) is 9.88 Å². The van der Waals surface area contributed by atoms with Crippen LogP contribution < -0.4 is 0 Å². The molecule has 1 saturated heterocycles. The van der Waals surface area contributed by atoms with Crippen LogP contribution in [0.5, 0.6) is 0 Å². The number of benzene rings is 1. The number of ether oxygens (including phenoxy) is 1. The molecule has 0 bridgehead atoms. The van der Waals surface area contributed by atoms with Gasteiger partial charge in [0.25, 0.3) is 5.91 Å².